The van der Waals surface area contributed by atoms with Crippen LogP contribution in [-0.2, 0) is 11.3 Å². The molecule has 1 heterocycles. The maximum Gasteiger partial charge on any atom is 0.333 e. The van der Waals surface area contributed by atoms with Crippen molar-refractivity contribution in [3.05, 3.63) is 15.8 Å². The molecule has 0 saturated carbocycles. The Balaban J connectivity index is 3.19. The summed E-state index contributed by atoms with van der Waals surface area (Å²) in [7, 11) is 0. The number of nitrogens with one attached hydrogen (secondary N) is 1. The number of anilines is 1. The third kappa shape index (κ3) is 4.17. The van der Waals surface area contributed by atoms with Gasteiger partial charge in [-0.05, 0) is 25.7 Å². The zero-order chi connectivity index (χ0) is 16.2. The van der Waals surface area contributed by atoms with Gasteiger partial charge in [-0.25, -0.2) is 9.48 Å². The Labute approximate surface area is 123 Å². The molecule has 0 aliphatic rings. The predicted octanol–water partition coefficient (Wildman–Crippen LogP) is 2.42. The van der Waals surface area contributed by atoms with E-state index in [4.69, 9.17) is 0 Å². The van der Waals surface area contributed by atoms with Crippen molar-refractivity contribution in [2.75, 3.05) is 5.32 Å². The SMILES string of the molecule is CCCn1nc(C)c([N+](=O)[O-])c1NC(CC(C)C)C(=O)O. The van der Waals surface area contributed by atoms with Gasteiger partial charge in [0.15, 0.2) is 0 Å². The lowest BCUT2D eigenvalue weighted by atomic mass is 10.0. The Bertz CT molecular complexity index is 524. The molecule has 21 heavy (non-hydrogen) atoms. The molecule has 0 aromatic carbocycles. The summed E-state index contributed by atoms with van der Waals surface area (Å²) < 4.78 is 1.48. The summed E-state index contributed by atoms with van der Waals surface area (Å²) in [5.74, 6) is -0.700. The van der Waals surface area contributed by atoms with E-state index in [0.29, 0.717) is 13.0 Å². The van der Waals surface area contributed by atoms with Crippen LogP contribution in [0.15, 0.2) is 0 Å². The normalized spacial score (nSPS) is 12.4. The third-order valence-electron chi connectivity index (χ3n) is 3.03. The number of nitrogens with zero attached hydrogens (tertiary/aromatic N) is 3. The first-order valence-corrected chi connectivity index (χ1v) is 6.99. The number of hydrogen-bond acceptors (Lipinski definition) is 5. The van der Waals surface area contributed by atoms with Gasteiger partial charge < -0.3 is 10.4 Å². The monoisotopic (exact) mass is 298 g/mol. The van der Waals surface area contributed by atoms with Gasteiger partial charge in [-0.1, -0.05) is 20.8 Å². The Morgan fingerprint density at radius 2 is 2.14 bits per heavy atom. The fraction of sp³-hybridized carbons (Fsp3) is 0.692. The quantitative estimate of drug-likeness (QED) is 0.563. The van der Waals surface area contributed by atoms with E-state index in [9.17, 15) is 20.0 Å². The Morgan fingerprint density at radius 1 is 1.52 bits per heavy atom. The standard InChI is InChI=1S/C13H22N4O4/c1-5-6-16-12(11(17(20)21)9(4)15-16)14-10(13(18)19)7-8(2)3/h8,10,14H,5-7H2,1-4H3,(H,18,19). The zero-order valence-electron chi connectivity index (χ0n) is 12.8. The van der Waals surface area contributed by atoms with E-state index in [1.165, 1.54) is 4.68 Å². The maximum absolute atomic E-state index is 11.3. The van der Waals surface area contributed by atoms with Gasteiger partial charge in [0.1, 0.15) is 11.7 Å². The summed E-state index contributed by atoms with van der Waals surface area (Å²) in [5, 5.41) is 27.4. The van der Waals surface area contributed by atoms with E-state index in [0.717, 1.165) is 6.42 Å². The fourth-order valence-electron chi connectivity index (χ4n) is 2.16. The summed E-state index contributed by atoms with van der Waals surface area (Å²) in [6.07, 6.45) is 1.12. The molecule has 1 aromatic rings. The van der Waals surface area contributed by atoms with Gasteiger partial charge in [0.2, 0.25) is 5.82 Å². The minimum Gasteiger partial charge on any atom is -0.480 e. The van der Waals surface area contributed by atoms with Crippen LogP contribution in [0.25, 0.3) is 0 Å². The molecule has 2 N–H and O–H groups in total. The van der Waals surface area contributed by atoms with Crippen LogP contribution in [-0.4, -0.2) is 31.8 Å². The van der Waals surface area contributed by atoms with Gasteiger partial charge in [0, 0.05) is 6.54 Å². The van der Waals surface area contributed by atoms with Crippen molar-refractivity contribution in [1.29, 1.82) is 0 Å². The highest BCUT2D eigenvalue weighted by atomic mass is 16.6. The van der Waals surface area contributed by atoms with E-state index in [1.54, 1.807) is 6.92 Å². The van der Waals surface area contributed by atoms with Gasteiger partial charge in [-0.15, -0.1) is 0 Å². The molecular formula is C13H22N4O4. The minimum atomic E-state index is -1.03. The highest BCUT2D eigenvalue weighted by Crippen LogP contribution is 2.29. The van der Waals surface area contributed by atoms with Crippen molar-refractivity contribution in [3.8, 4) is 0 Å². The van der Waals surface area contributed by atoms with E-state index >= 15 is 0 Å². The van der Waals surface area contributed by atoms with Crippen molar-refractivity contribution < 1.29 is 14.8 Å². The van der Waals surface area contributed by atoms with Gasteiger partial charge in [0.25, 0.3) is 0 Å². The zero-order valence-corrected chi connectivity index (χ0v) is 12.8. The number of aromatic nitrogens is 2. The molecule has 8 heteroatoms. The Hall–Kier alpha value is -2.12. The van der Waals surface area contributed by atoms with Crippen molar-refractivity contribution in [1.82, 2.24) is 9.78 Å². The van der Waals surface area contributed by atoms with Gasteiger partial charge >= 0.3 is 11.7 Å². The van der Waals surface area contributed by atoms with Gasteiger partial charge in [0.05, 0.1) is 4.92 Å². The second kappa shape index (κ2) is 7.05. The fourth-order valence-corrected chi connectivity index (χ4v) is 2.16. The van der Waals surface area contributed by atoms with Crippen LogP contribution in [0.3, 0.4) is 0 Å². The van der Waals surface area contributed by atoms with Crippen molar-refractivity contribution >= 4 is 17.5 Å². The van der Waals surface area contributed by atoms with Crippen molar-refractivity contribution in [2.45, 2.75) is 53.1 Å². The number of rotatable bonds is 8. The number of nitro groups is 1. The van der Waals surface area contributed by atoms with E-state index in [-0.39, 0.29) is 23.1 Å². The molecule has 0 radical (unpaired) electrons. The average Bonchev–Trinajstić information content (AvgIpc) is 2.64. The van der Waals surface area contributed by atoms with Crippen LogP contribution < -0.4 is 5.32 Å². The number of carboxylic acids is 1. The van der Waals surface area contributed by atoms with Gasteiger partial charge in [-0.2, -0.15) is 5.10 Å². The molecule has 0 aliphatic carbocycles. The molecular weight excluding hydrogens is 276 g/mol. The Kier molecular flexibility index (Phi) is 5.69. The molecule has 1 rings (SSSR count). The summed E-state index contributed by atoms with van der Waals surface area (Å²) >= 11 is 0. The molecule has 1 unspecified atom stereocenters. The van der Waals surface area contributed by atoms with Crippen LogP contribution in [0.4, 0.5) is 11.5 Å². The molecule has 0 aliphatic heterocycles. The van der Waals surface area contributed by atoms with Crippen molar-refractivity contribution in [2.24, 2.45) is 5.92 Å². The molecule has 8 nitrogen and oxygen atoms in total. The van der Waals surface area contributed by atoms with Crippen molar-refractivity contribution in [3.63, 3.8) is 0 Å². The van der Waals surface area contributed by atoms with E-state index in [1.807, 2.05) is 20.8 Å². The largest absolute Gasteiger partial charge is 0.480 e. The molecule has 0 spiro atoms. The molecule has 1 atom stereocenters. The smallest absolute Gasteiger partial charge is 0.333 e. The lowest BCUT2D eigenvalue weighted by Crippen LogP contribution is -2.32. The second-order valence-corrected chi connectivity index (χ2v) is 5.43. The molecule has 118 valence electrons. The highest BCUT2D eigenvalue weighted by Gasteiger charge is 2.29. The number of aryl methyl sites for hydroxylation is 2. The molecule has 1 aromatic heterocycles. The number of carbonyl (C=O) groups is 1. The summed E-state index contributed by atoms with van der Waals surface area (Å²) in [6, 6.07) is -0.879. The van der Waals surface area contributed by atoms with Crippen LogP contribution in [0.1, 0.15) is 39.3 Å². The summed E-state index contributed by atoms with van der Waals surface area (Å²) in [4.78, 5) is 22.0. The average molecular weight is 298 g/mol. The van der Waals surface area contributed by atoms with Crippen LogP contribution in [0.2, 0.25) is 0 Å². The first-order chi connectivity index (χ1) is 9.77. The number of aliphatic carboxylic acids is 1. The first kappa shape index (κ1) is 16.9. The van der Waals surface area contributed by atoms with Crippen LogP contribution in [0.5, 0.6) is 0 Å². The van der Waals surface area contributed by atoms with E-state index in [2.05, 4.69) is 10.4 Å². The first-order valence-electron chi connectivity index (χ1n) is 6.99. The summed E-state index contributed by atoms with van der Waals surface area (Å²) in [6.45, 7) is 7.77. The Morgan fingerprint density at radius 3 is 2.57 bits per heavy atom. The van der Waals surface area contributed by atoms with Crippen LogP contribution >= 0.6 is 0 Å². The predicted molar refractivity (Wildman–Crippen MR) is 78.4 cm³/mol. The summed E-state index contributed by atoms with van der Waals surface area (Å²) in [5.41, 5.74) is 0.128. The lowest BCUT2D eigenvalue weighted by molar-refractivity contribution is -0.384. The van der Waals surface area contributed by atoms with Crippen LogP contribution in [0, 0.1) is 23.0 Å². The number of carboxylic acid groups (broad SMARTS) is 1. The maximum atomic E-state index is 11.3. The van der Waals surface area contributed by atoms with Gasteiger partial charge in [-0.3, -0.25) is 10.1 Å². The van der Waals surface area contributed by atoms with E-state index < -0.39 is 16.9 Å². The third-order valence-corrected chi connectivity index (χ3v) is 3.03. The second-order valence-electron chi connectivity index (χ2n) is 5.43. The molecule has 0 amide bonds. The minimum absolute atomic E-state index is 0.154. The topological polar surface area (TPSA) is 110 Å². The highest BCUT2D eigenvalue weighted by molar-refractivity contribution is 5.78. The molecule has 0 saturated heterocycles. The molecule has 0 bridgehead atoms. The molecule has 0 fully saturated rings. The lowest BCUT2D eigenvalue weighted by Gasteiger charge is -2.17. The number of hydrogen-bond donors (Lipinski definition) is 2.